The number of ether oxygens (including phenoxy) is 2. The van der Waals surface area contributed by atoms with E-state index in [0.717, 1.165) is 29.8 Å². The van der Waals surface area contributed by atoms with Crippen LogP contribution in [0.3, 0.4) is 0 Å². The zero-order valence-electron chi connectivity index (χ0n) is 25.3. The molecule has 3 rings (SSSR count). The molecule has 226 valence electrons. The molecule has 0 aliphatic rings. The number of nitrogens with zero attached hydrogens (tertiary/aromatic N) is 1. The first-order valence-corrected chi connectivity index (χ1v) is 16.1. The van der Waals surface area contributed by atoms with E-state index in [1.807, 2.05) is 36.4 Å². The highest BCUT2D eigenvalue weighted by Crippen LogP contribution is 2.29. The Bertz CT molecular complexity index is 1150. The number of hydrogen-bond acceptors (Lipinski definition) is 4. The van der Waals surface area contributed by atoms with Gasteiger partial charge >= 0.3 is 0 Å². The van der Waals surface area contributed by atoms with Gasteiger partial charge in [-0.05, 0) is 41.8 Å². The van der Waals surface area contributed by atoms with Crippen LogP contribution in [0.4, 0.5) is 5.69 Å². The standard InChI is InChI=1S/C34H48N2O3S.BrH/c1-4-5-6-7-8-9-10-11-12-13-14-15-22-39-33-25-29(19-20-32(33)38-3)26-34(37)35-31-18-16-17-30(24-31)27-36-21-23-40-28(36)2;/h16-21,23-25H,4-15,22,26-27H2,1-3H3;1H. The number of unbranched alkanes of at least 4 members (excludes halogenated alkanes) is 11. The number of hydrogen-bond donors (Lipinski definition) is 1. The van der Waals surface area contributed by atoms with Gasteiger partial charge in [0.25, 0.3) is 0 Å². The third kappa shape index (κ3) is 13.4. The fourth-order valence-electron chi connectivity index (χ4n) is 4.94. The number of rotatable bonds is 20. The zero-order chi connectivity index (χ0) is 28.4. The number of aryl methyl sites for hydroxylation is 1. The van der Waals surface area contributed by atoms with Gasteiger partial charge in [-0.1, -0.05) is 95.8 Å². The van der Waals surface area contributed by atoms with E-state index in [0.29, 0.717) is 18.1 Å². The van der Waals surface area contributed by atoms with Crippen LogP contribution in [0.2, 0.25) is 0 Å². The van der Waals surface area contributed by atoms with Crippen LogP contribution < -0.4 is 31.8 Å². The molecule has 0 fully saturated rings. The normalized spacial score (nSPS) is 10.7. The molecule has 1 amide bonds. The monoisotopic (exact) mass is 644 g/mol. The number of nitrogens with one attached hydrogen (secondary N) is 1. The van der Waals surface area contributed by atoms with E-state index in [-0.39, 0.29) is 29.3 Å². The fourth-order valence-corrected chi connectivity index (χ4v) is 5.61. The smallest absolute Gasteiger partial charge is 0.228 e. The number of amides is 1. The fraction of sp³-hybridized carbons (Fsp3) is 0.529. The third-order valence-corrected chi connectivity index (χ3v) is 8.13. The quantitative estimate of drug-likeness (QED) is 0.113. The summed E-state index contributed by atoms with van der Waals surface area (Å²) in [4.78, 5) is 12.8. The highest BCUT2D eigenvalue weighted by molar-refractivity contribution is 7.09. The Labute approximate surface area is 262 Å². The Morgan fingerprint density at radius 3 is 2.20 bits per heavy atom. The maximum atomic E-state index is 12.8. The van der Waals surface area contributed by atoms with Crippen LogP contribution in [0.25, 0.3) is 0 Å². The lowest BCUT2D eigenvalue weighted by Gasteiger charge is -2.13. The van der Waals surface area contributed by atoms with Gasteiger partial charge < -0.3 is 31.8 Å². The van der Waals surface area contributed by atoms with Gasteiger partial charge in [-0.2, -0.15) is 0 Å². The summed E-state index contributed by atoms with van der Waals surface area (Å²) in [5.41, 5.74) is 2.87. The van der Waals surface area contributed by atoms with Crippen LogP contribution >= 0.6 is 11.3 Å². The summed E-state index contributed by atoms with van der Waals surface area (Å²) >= 11 is 1.73. The summed E-state index contributed by atoms with van der Waals surface area (Å²) in [7, 11) is 1.65. The molecule has 3 aromatic rings. The van der Waals surface area contributed by atoms with E-state index < -0.39 is 0 Å². The Kier molecular flexibility index (Phi) is 17.4. The van der Waals surface area contributed by atoms with Gasteiger partial charge in [-0.3, -0.25) is 4.79 Å². The largest absolute Gasteiger partial charge is 1.00 e. The van der Waals surface area contributed by atoms with Crippen LogP contribution in [0.1, 0.15) is 100 Å². The van der Waals surface area contributed by atoms with Gasteiger partial charge in [-0.25, -0.2) is 4.57 Å². The van der Waals surface area contributed by atoms with Crippen molar-refractivity contribution < 1.29 is 31.2 Å². The molecule has 0 bridgehead atoms. The summed E-state index contributed by atoms with van der Waals surface area (Å²) in [6.45, 7) is 5.84. The van der Waals surface area contributed by atoms with Crippen molar-refractivity contribution in [3.8, 4) is 11.5 Å². The molecule has 0 unspecified atom stereocenters. The number of methoxy groups -OCH3 is 1. The summed E-state index contributed by atoms with van der Waals surface area (Å²) in [5, 5.41) is 6.40. The molecule has 1 N–H and O–H groups in total. The van der Waals surface area contributed by atoms with Crippen molar-refractivity contribution in [2.45, 2.75) is 104 Å². The first-order valence-electron chi connectivity index (χ1n) is 15.2. The van der Waals surface area contributed by atoms with E-state index in [1.165, 1.54) is 75.6 Å². The molecule has 0 radical (unpaired) electrons. The van der Waals surface area contributed by atoms with Crippen molar-refractivity contribution in [1.82, 2.24) is 4.57 Å². The van der Waals surface area contributed by atoms with E-state index >= 15 is 0 Å². The first kappa shape index (κ1) is 34.8. The number of benzene rings is 2. The van der Waals surface area contributed by atoms with Gasteiger partial charge in [0.15, 0.2) is 28.1 Å². The van der Waals surface area contributed by atoms with Crippen molar-refractivity contribution in [3.63, 3.8) is 0 Å². The number of aromatic nitrogens is 1. The molecule has 2 aromatic carbocycles. The number of thiazole rings is 1. The molecule has 41 heavy (non-hydrogen) atoms. The molecule has 0 aliphatic heterocycles. The lowest BCUT2D eigenvalue weighted by Crippen LogP contribution is -3.00. The average molecular weight is 646 g/mol. The molecule has 1 aromatic heterocycles. The molecule has 0 spiro atoms. The highest BCUT2D eigenvalue weighted by Gasteiger charge is 2.11. The number of anilines is 1. The van der Waals surface area contributed by atoms with Crippen LogP contribution in [-0.4, -0.2) is 24.2 Å². The second kappa shape index (κ2) is 20.5. The molecule has 0 atom stereocenters. The van der Waals surface area contributed by atoms with Gasteiger partial charge in [0, 0.05) is 23.9 Å². The third-order valence-electron chi connectivity index (χ3n) is 7.30. The molecule has 0 aliphatic carbocycles. The van der Waals surface area contributed by atoms with Crippen molar-refractivity contribution in [3.05, 3.63) is 70.2 Å². The van der Waals surface area contributed by atoms with E-state index in [2.05, 4.69) is 41.4 Å². The zero-order valence-corrected chi connectivity index (χ0v) is 27.7. The molecule has 0 saturated heterocycles. The molecule has 5 nitrogen and oxygen atoms in total. The summed E-state index contributed by atoms with van der Waals surface area (Å²) in [6.07, 6.45) is 18.2. The van der Waals surface area contributed by atoms with Gasteiger partial charge in [0.1, 0.15) is 0 Å². The SMILES string of the molecule is CCCCCCCCCCCCCCOc1cc(CC(=O)Nc2cccc(Cn3ccs[c+]3C)c2)ccc1OC.[Br-]. The van der Waals surface area contributed by atoms with Crippen LogP contribution in [-0.2, 0) is 17.8 Å². The van der Waals surface area contributed by atoms with E-state index in [1.54, 1.807) is 18.4 Å². The van der Waals surface area contributed by atoms with E-state index in [9.17, 15) is 4.79 Å². The lowest BCUT2D eigenvalue weighted by molar-refractivity contribution is -0.115. The Balaban J connectivity index is 0.00000588. The summed E-state index contributed by atoms with van der Waals surface area (Å²) in [6, 6.07) is 13.8. The maximum Gasteiger partial charge on any atom is 0.228 e. The molecule has 0 saturated carbocycles. The minimum absolute atomic E-state index is 0. The second-order valence-electron chi connectivity index (χ2n) is 10.7. The lowest BCUT2D eigenvalue weighted by atomic mass is 10.1. The molecular formula is C34H49BrN2O3S. The van der Waals surface area contributed by atoms with Crippen molar-refractivity contribution in [2.75, 3.05) is 19.0 Å². The van der Waals surface area contributed by atoms with Gasteiger partial charge in [0.2, 0.25) is 5.91 Å². The van der Waals surface area contributed by atoms with Crippen LogP contribution in [0.15, 0.2) is 54.0 Å². The predicted molar refractivity (Wildman–Crippen MR) is 169 cm³/mol. The maximum absolute atomic E-state index is 12.8. The van der Waals surface area contributed by atoms with Crippen molar-refractivity contribution in [1.29, 1.82) is 0 Å². The predicted octanol–water partition coefficient (Wildman–Crippen LogP) is 6.46. The van der Waals surface area contributed by atoms with Crippen molar-refractivity contribution in [2.24, 2.45) is 0 Å². The van der Waals surface area contributed by atoms with Crippen LogP contribution in [0.5, 0.6) is 11.5 Å². The van der Waals surface area contributed by atoms with E-state index in [4.69, 9.17) is 9.47 Å². The number of carbonyl (C=O) groups excluding carboxylic acids is 1. The number of carbonyl (C=O) groups is 1. The number of halogens is 1. The highest BCUT2D eigenvalue weighted by atomic mass is 79.9. The topological polar surface area (TPSA) is 52.5 Å². The van der Waals surface area contributed by atoms with Gasteiger partial charge in [-0.15, -0.1) is 0 Å². The summed E-state index contributed by atoms with van der Waals surface area (Å²) in [5.74, 6) is 1.37. The minimum atomic E-state index is -0.0476. The average Bonchev–Trinajstić information content (AvgIpc) is 3.35. The minimum Gasteiger partial charge on any atom is -1.00 e. The van der Waals surface area contributed by atoms with Gasteiger partial charge in [0.05, 0.1) is 26.7 Å². The Hall–Kier alpha value is -2.38. The van der Waals surface area contributed by atoms with Crippen molar-refractivity contribution >= 4 is 22.9 Å². The summed E-state index contributed by atoms with van der Waals surface area (Å²) < 4.78 is 13.8. The van der Waals surface area contributed by atoms with Crippen LogP contribution in [0, 0.1) is 6.92 Å². The molecule has 1 heterocycles. The second-order valence-corrected chi connectivity index (χ2v) is 11.8. The molecular weight excluding hydrogens is 596 g/mol. The first-order chi connectivity index (χ1) is 19.6. The Morgan fingerprint density at radius 2 is 1.56 bits per heavy atom. The Morgan fingerprint density at radius 1 is 0.878 bits per heavy atom. The molecule has 7 heteroatoms.